The lowest BCUT2D eigenvalue weighted by molar-refractivity contribution is -0.154. The number of nitrogens with zero attached hydrogens (tertiary/aromatic N) is 2. The van der Waals surface area contributed by atoms with Crippen LogP contribution in [-0.2, 0) is 9.59 Å². The molecule has 0 radical (unpaired) electrons. The molecule has 5 rings (SSSR count). The van der Waals surface area contributed by atoms with Gasteiger partial charge in [0.25, 0.3) is 0 Å². The Bertz CT molecular complexity index is 862. The fourth-order valence-electron chi connectivity index (χ4n) is 9.38. The molecular weight excluding hydrogens is 408 g/mol. The second kappa shape index (κ2) is 7.93. The highest BCUT2D eigenvalue weighted by Gasteiger charge is 2.62. The second-order valence-corrected chi connectivity index (χ2v) is 13.4. The summed E-state index contributed by atoms with van der Waals surface area (Å²) in [5, 5.41) is 0. The van der Waals surface area contributed by atoms with E-state index in [-0.39, 0.29) is 28.9 Å². The Morgan fingerprint density at radius 1 is 0.970 bits per heavy atom. The molecule has 9 unspecified atom stereocenters. The SMILES string of the molecule is CC(C)C1CN(C2=CCC3(C)C(CCC4C3CCC3(C)C4CCC3C(C)N(C)C)C2=O)C1=O. The van der Waals surface area contributed by atoms with Gasteiger partial charge in [-0.1, -0.05) is 33.8 Å². The summed E-state index contributed by atoms with van der Waals surface area (Å²) in [6.45, 7) is 12.4. The molecule has 0 N–H and O–H groups in total. The van der Waals surface area contributed by atoms with Crippen LogP contribution in [0.3, 0.4) is 0 Å². The summed E-state index contributed by atoms with van der Waals surface area (Å²) in [5.74, 6) is 4.02. The zero-order valence-corrected chi connectivity index (χ0v) is 22.1. The summed E-state index contributed by atoms with van der Waals surface area (Å²) < 4.78 is 0. The number of carbonyl (C=O) groups excluding carboxylic acids is 2. The minimum Gasteiger partial charge on any atom is -0.308 e. The number of fused-ring (bicyclic) bond motifs is 5. The van der Waals surface area contributed by atoms with Gasteiger partial charge < -0.3 is 9.80 Å². The van der Waals surface area contributed by atoms with E-state index in [1.165, 1.54) is 32.1 Å². The monoisotopic (exact) mass is 454 g/mol. The average Bonchev–Trinajstić information content (AvgIpc) is 3.10. The Morgan fingerprint density at radius 3 is 2.30 bits per heavy atom. The Labute approximate surface area is 201 Å². The van der Waals surface area contributed by atoms with Crippen LogP contribution in [0.2, 0.25) is 0 Å². The highest BCUT2D eigenvalue weighted by Crippen LogP contribution is 2.67. The maximum atomic E-state index is 13.7. The second-order valence-electron chi connectivity index (χ2n) is 13.4. The first-order valence-corrected chi connectivity index (χ1v) is 13.7. The molecule has 0 aromatic heterocycles. The van der Waals surface area contributed by atoms with E-state index in [1.54, 1.807) is 4.90 Å². The predicted octanol–water partition coefficient (Wildman–Crippen LogP) is 5.38. The standard InChI is InChI=1S/C29H46N2O2/c1-17(2)20-16-31(27(20)33)25-13-15-29(5)23-12-14-28(4)21(18(3)30(6)7)10-11-22(28)19(23)8-9-24(29)26(25)32/h13,17-24H,8-12,14-16H2,1-7H3. The normalized spacial score (nSPS) is 46.0. The van der Waals surface area contributed by atoms with Crippen LogP contribution in [0.4, 0.5) is 0 Å². The van der Waals surface area contributed by atoms with E-state index < -0.39 is 0 Å². The molecule has 1 saturated heterocycles. The number of hydrogen-bond donors (Lipinski definition) is 0. The van der Waals surface area contributed by atoms with Crippen molar-refractivity contribution < 1.29 is 9.59 Å². The van der Waals surface area contributed by atoms with E-state index in [9.17, 15) is 9.59 Å². The number of β-lactam (4-membered cyclic amide) rings is 1. The fraction of sp³-hybridized carbons (Fsp3) is 0.862. The maximum absolute atomic E-state index is 13.7. The molecule has 0 aromatic carbocycles. The van der Waals surface area contributed by atoms with Gasteiger partial charge in [0.05, 0.1) is 11.6 Å². The van der Waals surface area contributed by atoms with Crippen molar-refractivity contribution in [1.82, 2.24) is 9.80 Å². The third kappa shape index (κ3) is 3.25. The fourth-order valence-corrected chi connectivity index (χ4v) is 9.38. The molecule has 184 valence electrons. The minimum absolute atomic E-state index is 0.0709. The van der Waals surface area contributed by atoms with E-state index in [4.69, 9.17) is 0 Å². The molecular formula is C29H46N2O2. The van der Waals surface area contributed by atoms with Crippen molar-refractivity contribution in [2.24, 2.45) is 52.3 Å². The quantitative estimate of drug-likeness (QED) is 0.535. The van der Waals surface area contributed by atoms with Gasteiger partial charge in [0.15, 0.2) is 5.78 Å². The Balaban J connectivity index is 1.37. The van der Waals surface area contributed by atoms with Gasteiger partial charge in [-0.3, -0.25) is 9.59 Å². The summed E-state index contributed by atoms with van der Waals surface area (Å²) in [6.07, 6.45) is 10.7. The zero-order valence-electron chi connectivity index (χ0n) is 22.1. The van der Waals surface area contributed by atoms with Gasteiger partial charge in [0, 0.05) is 18.5 Å². The number of carbonyl (C=O) groups is 2. The lowest BCUT2D eigenvalue weighted by Gasteiger charge is -2.60. The molecule has 1 aliphatic heterocycles. The van der Waals surface area contributed by atoms with E-state index in [2.05, 4.69) is 59.7 Å². The number of ketones is 1. The predicted molar refractivity (Wildman–Crippen MR) is 132 cm³/mol. The van der Waals surface area contributed by atoms with E-state index in [0.29, 0.717) is 23.3 Å². The molecule has 1 heterocycles. The lowest BCUT2D eigenvalue weighted by Crippen LogP contribution is -2.59. The van der Waals surface area contributed by atoms with Gasteiger partial charge in [-0.15, -0.1) is 0 Å². The molecule has 4 heteroatoms. The average molecular weight is 455 g/mol. The van der Waals surface area contributed by atoms with Gasteiger partial charge in [0.2, 0.25) is 5.91 Å². The molecule has 4 aliphatic carbocycles. The molecule has 0 bridgehead atoms. The summed E-state index contributed by atoms with van der Waals surface area (Å²) >= 11 is 0. The van der Waals surface area contributed by atoms with Gasteiger partial charge >= 0.3 is 0 Å². The van der Waals surface area contributed by atoms with Crippen LogP contribution in [0.25, 0.3) is 0 Å². The third-order valence-corrected chi connectivity index (χ3v) is 11.7. The Kier molecular flexibility index (Phi) is 5.67. The van der Waals surface area contributed by atoms with Crippen molar-refractivity contribution in [3.05, 3.63) is 11.8 Å². The molecule has 1 amide bonds. The van der Waals surface area contributed by atoms with Crippen molar-refractivity contribution in [3.8, 4) is 0 Å². The van der Waals surface area contributed by atoms with Crippen LogP contribution in [0, 0.1) is 52.3 Å². The highest BCUT2D eigenvalue weighted by molar-refractivity contribution is 6.03. The highest BCUT2D eigenvalue weighted by atomic mass is 16.2. The number of hydrogen-bond acceptors (Lipinski definition) is 3. The maximum Gasteiger partial charge on any atom is 0.232 e. The van der Waals surface area contributed by atoms with E-state index >= 15 is 0 Å². The minimum atomic E-state index is 0.0709. The van der Waals surface area contributed by atoms with Crippen molar-refractivity contribution in [3.63, 3.8) is 0 Å². The topological polar surface area (TPSA) is 40.6 Å². The van der Waals surface area contributed by atoms with Crippen LogP contribution in [0.5, 0.6) is 0 Å². The zero-order chi connectivity index (χ0) is 23.9. The number of Topliss-reactive ketones (excluding diaryl/α,β-unsaturated/α-hetero) is 1. The number of rotatable bonds is 4. The first-order valence-electron chi connectivity index (χ1n) is 13.7. The first kappa shape index (κ1) is 23.6. The molecule has 9 atom stereocenters. The van der Waals surface area contributed by atoms with Gasteiger partial charge in [-0.2, -0.15) is 0 Å². The summed E-state index contributed by atoms with van der Waals surface area (Å²) in [6, 6.07) is 0.633. The molecule has 0 aromatic rings. The van der Waals surface area contributed by atoms with Gasteiger partial charge in [0.1, 0.15) is 0 Å². The number of likely N-dealkylation sites (tertiary alicyclic amines) is 1. The van der Waals surface area contributed by atoms with Crippen LogP contribution < -0.4 is 0 Å². The number of allylic oxidation sites excluding steroid dienone is 2. The van der Waals surface area contributed by atoms with E-state index in [1.807, 2.05) is 0 Å². The molecule has 0 spiro atoms. The Morgan fingerprint density at radius 2 is 1.67 bits per heavy atom. The molecule has 5 aliphatic rings. The van der Waals surface area contributed by atoms with Crippen LogP contribution in [0.1, 0.15) is 79.6 Å². The van der Waals surface area contributed by atoms with Crippen molar-refractivity contribution in [2.45, 2.75) is 85.6 Å². The summed E-state index contributed by atoms with van der Waals surface area (Å²) in [7, 11) is 4.48. The van der Waals surface area contributed by atoms with Crippen molar-refractivity contribution in [1.29, 1.82) is 0 Å². The molecule has 3 saturated carbocycles. The third-order valence-electron chi connectivity index (χ3n) is 11.7. The van der Waals surface area contributed by atoms with Gasteiger partial charge in [-0.05, 0) is 106 Å². The van der Waals surface area contributed by atoms with Crippen LogP contribution in [0.15, 0.2) is 11.8 Å². The largest absolute Gasteiger partial charge is 0.308 e. The Hall–Kier alpha value is -1.16. The van der Waals surface area contributed by atoms with Gasteiger partial charge in [-0.25, -0.2) is 0 Å². The lowest BCUT2D eigenvalue weighted by atomic mass is 9.45. The summed E-state index contributed by atoms with van der Waals surface area (Å²) in [5.41, 5.74) is 1.25. The first-order chi connectivity index (χ1) is 15.5. The molecule has 4 nitrogen and oxygen atoms in total. The van der Waals surface area contributed by atoms with Crippen molar-refractivity contribution in [2.75, 3.05) is 20.6 Å². The van der Waals surface area contributed by atoms with Crippen LogP contribution >= 0.6 is 0 Å². The summed E-state index contributed by atoms with van der Waals surface area (Å²) in [4.78, 5) is 30.7. The molecule has 4 fully saturated rings. The number of amides is 1. The smallest absolute Gasteiger partial charge is 0.232 e. The van der Waals surface area contributed by atoms with E-state index in [0.717, 1.165) is 42.8 Å². The van der Waals surface area contributed by atoms with Crippen molar-refractivity contribution >= 4 is 11.7 Å². The van der Waals surface area contributed by atoms with Crippen LogP contribution in [-0.4, -0.2) is 48.2 Å². The molecule has 33 heavy (non-hydrogen) atoms.